The highest BCUT2D eigenvalue weighted by molar-refractivity contribution is 5.78. The van der Waals surface area contributed by atoms with Gasteiger partial charge in [0.15, 0.2) is 5.82 Å². The zero-order valence-electron chi connectivity index (χ0n) is 14.8. The fraction of sp³-hybridized carbons (Fsp3) is 0.500. The lowest BCUT2D eigenvalue weighted by Crippen LogP contribution is -2.38. The molecule has 7 nitrogen and oxygen atoms in total. The fourth-order valence-corrected chi connectivity index (χ4v) is 3.13. The Labute approximate surface area is 148 Å². The van der Waals surface area contributed by atoms with Crippen LogP contribution in [0.3, 0.4) is 0 Å². The number of hydrogen-bond donors (Lipinski definition) is 1. The van der Waals surface area contributed by atoms with Crippen molar-refractivity contribution in [1.29, 1.82) is 0 Å². The number of carbonyl (C=O) groups is 1. The lowest BCUT2D eigenvalue weighted by molar-refractivity contribution is -0.122. The molecule has 1 N–H and O–H groups in total. The Bertz CT molecular complexity index is 688. The zero-order chi connectivity index (χ0) is 17.6. The van der Waals surface area contributed by atoms with Crippen LogP contribution in [-0.2, 0) is 17.9 Å². The van der Waals surface area contributed by atoms with Gasteiger partial charge in [0.05, 0.1) is 13.1 Å². The molecule has 0 spiro atoms. The van der Waals surface area contributed by atoms with E-state index in [0.717, 1.165) is 25.1 Å². The van der Waals surface area contributed by atoms with E-state index in [0.29, 0.717) is 37.4 Å². The van der Waals surface area contributed by atoms with Gasteiger partial charge in [-0.05, 0) is 19.0 Å². The minimum atomic E-state index is 0.0703. The maximum absolute atomic E-state index is 12.1. The second-order valence-corrected chi connectivity index (χ2v) is 6.58. The molecule has 7 heteroatoms. The Kier molecular flexibility index (Phi) is 5.78. The van der Waals surface area contributed by atoms with Crippen molar-refractivity contribution < 1.29 is 9.32 Å². The summed E-state index contributed by atoms with van der Waals surface area (Å²) in [6, 6.07) is 10.4. The van der Waals surface area contributed by atoms with E-state index in [4.69, 9.17) is 4.52 Å². The van der Waals surface area contributed by atoms with Crippen LogP contribution in [0.2, 0.25) is 0 Å². The third-order valence-electron chi connectivity index (χ3n) is 4.53. The number of likely N-dealkylation sites (tertiary alicyclic amines) is 1. The van der Waals surface area contributed by atoms with Gasteiger partial charge in [-0.25, -0.2) is 0 Å². The van der Waals surface area contributed by atoms with E-state index in [1.165, 1.54) is 0 Å². The number of carbonyl (C=O) groups excluding carboxylic acids is 1. The van der Waals surface area contributed by atoms with Crippen LogP contribution < -0.4 is 5.32 Å². The molecule has 0 saturated carbocycles. The summed E-state index contributed by atoms with van der Waals surface area (Å²) in [5.41, 5.74) is 1.12. The predicted molar refractivity (Wildman–Crippen MR) is 93.6 cm³/mol. The maximum Gasteiger partial charge on any atom is 0.234 e. The molecule has 1 fully saturated rings. The molecule has 2 heterocycles. The predicted octanol–water partition coefficient (Wildman–Crippen LogP) is 1.20. The average molecular weight is 343 g/mol. The van der Waals surface area contributed by atoms with Crippen molar-refractivity contribution >= 4 is 5.91 Å². The molecule has 1 amide bonds. The number of benzene rings is 1. The fourth-order valence-electron chi connectivity index (χ4n) is 3.13. The smallest absolute Gasteiger partial charge is 0.234 e. The summed E-state index contributed by atoms with van der Waals surface area (Å²) in [5, 5.41) is 6.93. The number of likely N-dealkylation sites (N-methyl/N-ethyl adjacent to an activating group) is 1. The molecule has 0 unspecified atom stereocenters. The number of aryl methyl sites for hydroxylation is 1. The summed E-state index contributed by atoms with van der Waals surface area (Å²) in [7, 11) is 2.06. The van der Waals surface area contributed by atoms with E-state index in [-0.39, 0.29) is 5.91 Å². The molecular weight excluding hydrogens is 318 g/mol. The molecule has 25 heavy (non-hydrogen) atoms. The van der Waals surface area contributed by atoms with Crippen molar-refractivity contribution in [3.8, 4) is 0 Å². The Morgan fingerprint density at radius 3 is 2.92 bits per heavy atom. The lowest BCUT2D eigenvalue weighted by atomic mass is 10.2. The second kappa shape index (κ2) is 8.22. The molecule has 1 aliphatic rings. The first kappa shape index (κ1) is 17.6. The molecule has 1 aromatic heterocycles. The number of hydrogen-bond acceptors (Lipinski definition) is 6. The van der Waals surface area contributed by atoms with Gasteiger partial charge in [-0.3, -0.25) is 14.6 Å². The second-order valence-electron chi connectivity index (χ2n) is 6.58. The van der Waals surface area contributed by atoms with Crippen LogP contribution in [-0.4, -0.2) is 58.6 Å². The summed E-state index contributed by atoms with van der Waals surface area (Å²) in [4.78, 5) is 20.8. The van der Waals surface area contributed by atoms with Gasteiger partial charge in [-0.1, -0.05) is 35.5 Å². The van der Waals surface area contributed by atoms with Crippen LogP contribution in [0.4, 0.5) is 0 Å². The summed E-state index contributed by atoms with van der Waals surface area (Å²) in [5.74, 6) is 1.37. The van der Waals surface area contributed by atoms with E-state index in [1.54, 1.807) is 6.92 Å². The van der Waals surface area contributed by atoms with Crippen LogP contribution in [0.15, 0.2) is 34.9 Å². The Morgan fingerprint density at radius 1 is 1.40 bits per heavy atom. The van der Waals surface area contributed by atoms with Crippen LogP contribution in [0.1, 0.15) is 23.7 Å². The van der Waals surface area contributed by atoms with Gasteiger partial charge >= 0.3 is 0 Å². The number of amides is 1. The standard InChI is InChI=1S/C18H25N5O2/c1-14-20-17(21-25-14)12-22(2)16-8-9-23(11-16)13-18(24)19-10-15-6-4-3-5-7-15/h3-7,16H,8-13H2,1-2H3,(H,19,24)/t16-/m1/s1. The summed E-state index contributed by atoms with van der Waals surface area (Å²) < 4.78 is 5.01. The molecule has 134 valence electrons. The van der Waals surface area contributed by atoms with Crippen molar-refractivity contribution in [3.63, 3.8) is 0 Å². The molecular formula is C18H25N5O2. The molecule has 0 bridgehead atoms. The largest absolute Gasteiger partial charge is 0.351 e. The molecule has 1 atom stereocenters. The van der Waals surface area contributed by atoms with Gasteiger partial charge in [0.25, 0.3) is 0 Å². The van der Waals surface area contributed by atoms with Crippen LogP contribution in [0, 0.1) is 6.92 Å². The van der Waals surface area contributed by atoms with Gasteiger partial charge in [0.2, 0.25) is 11.8 Å². The van der Waals surface area contributed by atoms with Crippen LogP contribution >= 0.6 is 0 Å². The number of rotatable bonds is 7. The van der Waals surface area contributed by atoms with Gasteiger partial charge in [0.1, 0.15) is 0 Å². The lowest BCUT2D eigenvalue weighted by Gasteiger charge is -2.23. The van der Waals surface area contributed by atoms with Gasteiger partial charge < -0.3 is 9.84 Å². The first-order valence-electron chi connectivity index (χ1n) is 8.62. The third-order valence-corrected chi connectivity index (χ3v) is 4.53. The molecule has 2 aromatic rings. The third kappa shape index (κ3) is 5.11. The number of aromatic nitrogens is 2. The van der Waals surface area contributed by atoms with Gasteiger partial charge in [-0.2, -0.15) is 4.98 Å². The Balaban J connectivity index is 1.40. The summed E-state index contributed by atoms with van der Waals surface area (Å²) in [6.45, 7) is 5.29. The molecule has 1 aliphatic heterocycles. The van der Waals surface area contributed by atoms with Gasteiger partial charge in [0, 0.05) is 32.6 Å². The monoisotopic (exact) mass is 343 g/mol. The van der Waals surface area contributed by atoms with Crippen molar-refractivity contribution in [2.24, 2.45) is 0 Å². The normalized spacial score (nSPS) is 18.0. The van der Waals surface area contributed by atoms with Crippen molar-refractivity contribution in [1.82, 2.24) is 25.3 Å². The SMILES string of the molecule is Cc1nc(CN(C)[C@@H]2CCN(CC(=O)NCc3ccccc3)C2)no1. The van der Waals surface area contributed by atoms with Crippen LogP contribution in [0.25, 0.3) is 0 Å². The van der Waals surface area contributed by atoms with Crippen molar-refractivity contribution in [2.45, 2.75) is 32.5 Å². The van der Waals surface area contributed by atoms with E-state index in [1.807, 2.05) is 30.3 Å². The molecule has 0 aliphatic carbocycles. The van der Waals surface area contributed by atoms with E-state index >= 15 is 0 Å². The quantitative estimate of drug-likeness (QED) is 0.814. The number of nitrogens with zero attached hydrogens (tertiary/aromatic N) is 4. The average Bonchev–Trinajstić information content (AvgIpc) is 3.23. The topological polar surface area (TPSA) is 74.5 Å². The van der Waals surface area contributed by atoms with E-state index in [9.17, 15) is 4.79 Å². The van der Waals surface area contributed by atoms with Crippen molar-refractivity contribution in [2.75, 3.05) is 26.7 Å². The molecule has 1 aromatic carbocycles. The first-order valence-corrected chi connectivity index (χ1v) is 8.62. The van der Waals surface area contributed by atoms with Crippen molar-refractivity contribution in [3.05, 3.63) is 47.6 Å². The minimum Gasteiger partial charge on any atom is -0.351 e. The molecule has 0 radical (unpaired) electrons. The zero-order valence-corrected chi connectivity index (χ0v) is 14.8. The number of nitrogens with one attached hydrogen (secondary N) is 1. The minimum absolute atomic E-state index is 0.0703. The van der Waals surface area contributed by atoms with E-state index < -0.39 is 0 Å². The molecule has 3 rings (SSSR count). The van der Waals surface area contributed by atoms with Crippen LogP contribution in [0.5, 0.6) is 0 Å². The summed E-state index contributed by atoms with van der Waals surface area (Å²) in [6.07, 6.45) is 1.04. The molecule has 1 saturated heterocycles. The first-order chi connectivity index (χ1) is 12.1. The van der Waals surface area contributed by atoms with E-state index in [2.05, 4.69) is 32.3 Å². The highest BCUT2D eigenvalue weighted by atomic mass is 16.5. The Morgan fingerprint density at radius 2 is 2.20 bits per heavy atom. The highest BCUT2D eigenvalue weighted by Crippen LogP contribution is 2.15. The van der Waals surface area contributed by atoms with Gasteiger partial charge in [-0.15, -0.1) is 0 Å². The maximum atomic E-state index is 12.1. The highest BCUT2D eigenvalue weighted by Gasteiger charge is 2.27. The summed E-state index contributed by atoms with van der Waals surface area (Å²) >= 11 is 0. The Hall–Kier alpha value is -2.25.